The quantitative estimate of drug-likeness (QED) is 0.807. The predicted molar refractivity (Wildman–Crippen MR) is 83.3 cm³/mol. The van der Waals surface area contributed by atoms with Gasteiger partial charge in [-0.2, -0.15) is 5.26 Å². The van der Waals surface area contributed by atoms with Gasteiger partial charge in [-0.25, -0.2) is 0 Å². The van der Waals surface area contributed by atoms with Crippen molar-refractivity contribution < 1.29 is 9.53 Å². The molecule has 0 radical (unpaired) electrons. The van der Waals surface area contributed by atoms with Crippen molar-refractivity contribution in [3.63, 3.8) is 0 Å². The topological polar surface area (TPSA) is 66.2 Å². The Bertz CT molecular complexity index is 578. The Hall–Kier alpha value is -1.93. The monoisotopic (exact) mass is 301 g/mol. The van der Waals surface area contributed by atoms with E-state index in [4.69, 9.17) is 4.74 Å². The number of nitriles is 1. The van der Waals surface area contributed by atoms with Crippen molar-refractivity contribution in [1.29, 1.82) is 5.26 Å². The molecule has 1 aliphatic heterocycles. The summed E-state index contributed by atoms with van der Waals surface area (Å²) in [6.07, 6.45) is 1.21. The maximum atomic E-state index is 12.0. The minimum Gasteiger partial charge on any atom is -0.383 e. The maximum absolute atomic E-state index is 12.0. The Morgan fingerprint density at radius 3 is 2.91 bits per heavy atom. The molecular weight excluding hydrogens is 278 g/mol. The lowest BCUT2D eigenvalue weighted by Crippen LogP contribution is -2.29. The second-order valence-corrected chi connectivity index (χ2v) is 6.10. The summed E-state index contributed by atoms with van der Waals surface area (Å²) in [5.74, 6) is 0.724. The van der Waals surface area contributed by atoms with Crippen molar-refractivity contribution in [3.05, 3.63) is 29.1 Å². The van der Waals surface area contributed by atoms with Gasteiger partial charge in [0.05, 0.1) is 17.9 Å². The normalized spacial score (nSPS) is 18.0. The first-order chi connectivity index (χ1) is 10.5. The number of rotatable bonds is 6. The Labute approximate surface area is 131 Å². The molecule has 0 bridgehead atoms. The molecule has 0 aromatic carbocycles. The van der Waals surface area contributed by atoms with Crippen LogP contribution in [0.25, 0.3) is 0 Å². The van der Waals surface area contributed by atoms with Crippen LogP contribution in [0.1, 0.15) is 43.1 Å². The molecule has 0 N–H and O–H groups in total. The molecular formula is C17H23N3O2. The summed E-state index contributed by atoms with van der Waals surface area (Å²) in [6.45, 7) is 6.09. The molecule has 1 aliphatic rings. The largest absolute Gasteiger partial charge is 0.383 e. The summed E-state index contributed by atoms with van der Waals surface area (Å²) in [4.78, 5) is 18.5. The van der Waals surface area contributed by atoms with Crippen LogP contribution in [0.15, 0.2) is 12.1 Å². The van der Waals surface area contributed by atoms with E-state index in [1.54, 1.807) is 7.11 Å². The molecule has 0 saturated carbocycles. The highest BCUT2D eigenvalue weighted by atomic mass is 16.5. The van der Waals surface area contributed by atoms with Crippen molar-refractivity contribution in [2.75, 3.05) is 26.8 Å². The van der Waals surface area contributed by atoms with Gasteiger partial charge in [-0.15, -0.1) is 0 Å². The van der Waals surface area contributed by atoms with Crippen LogP contribution in [-0.2, 0) is 16.0 Å². The predicted octanol–water partition coefficient (Wildman–Crippen LogP) is 2.11. The van der Waals surface area contributed by atoms with E-state index in [0.29, 0.717) is 37.5 Å². The van der Waals surface area contributed by atoms with Crippen LogP contribution >= 0.6 is 0 Å². The van der Waals surface area contributed by atoms with E-state index in [9.17, 15) is 10.1 Å². The number of likely N-dealkylation sites (tertiary alicyclic amines) is 1. The van der Waals surface area contributed by atoms with Gasteiger partial charge in [0, 0.05) is 32.3 Å². The number of pyridine rings is 1. The zero-order chi connectivity index (χ0) is 16.1. The maximum Gasteiger partial charge on any atom is 0.223 e. The fraction of sp³-hybridized carbons (Fsp3) is 0.588. The zero-order valence-electron chi connectivity index (χ0n) is 13.5. The third kappa shape index (κ3) is 3.83. The van der Waals surface area contributed by atoms with Gasteiger partial charge in [-0.1, -0.05) is 13.8 Å². The molecule has 2 rings (SSSR count). The van der Waals surface area contributed by atoms with Gasteiger partial charge < -0.3 is 9.64 Å². The number of hydrogen-bond donors (Lipinski definition) is 0. The highest BCUT2D eigenvalue weighted by Gasteiger charge is 2.30. The van der Waals surface area contributed by atoms with Crippen LogP contribution in [0.5, 0.6) is 0 Å². The first-order valence-electron chi connectivity index (χ1n) is 7.71. The molecule has 22 heavy (non-hydrogen) atoms. The second kappa shape index (κ2) is 7.37. The standard InChI is InChI=1S/C17H23N3O2/c1-12(2)15-5-4-14(10-18)16(19-15)8-13-9-17(21)20(11-13)6-7-22-3/h4-5,12-13H,6-9,11H2,1-3H3. The molecule has 1 fully saturated rings. The van der Waals surface area contributed by atoms with Gasteiger partial charge in [0.2, 0.25) is 5.91 Å². The number of carbonyl (C=O) groups is 1. The van der Waals surface area contributed by atoms with Crippen molar-refractivity contribution in [3.8, 4) is 6.07 Å². The van der Waals surface area contributed by atoms with E-state index in [1.165, 1.54) is 0 Å². The number of aromatic nitrogens is 1. The number of amides is 1. The molecule has 1 unspecified atom stereocenters. The molecule has 1 atom stereocenters. The summed E-state index contributed by atoms with van der Waals surface area (Å²) in [5, 5.41) is 9.26. The molecule has 1 aromatic rings. The molecule has 1 aromatic heterocycles. The third-order valence-corrected chi connectivity index (χ3v) is 4.05. The minimum atomic E-state index is 0.167. The lowest BCUT2D eigenvalue weighted by atomic mass is 9.98. The van der Waals surface area contributed by atoms with Gasteiger partial charge in [-0.3, -0.25) is 9.78 Å². The van der Waals surface area contributed by atoms with Crippen molar-refractivity contribution >= 4 is 5.91 Å². The van der Waals surface area contributed by atoms with Crippen LogP contribution in [0.4, 0.5) is 0 Å². The fourth-order valence-corrected chi connectivity index (χ4v) is 2.78. The summed E-state index contributed by atoms with van der Waals surface area (Å²) < 4.78 is 5.03. The number of nitrogens with zero attached hydrogens (tertiary/aromatic N) is 3. The smallest absolute Gasteiger partial charge is 0.223 e. The number of ether oxygens (including phenoxy) is 1. The minimum absolute atomic E-state index is 0.167. The first kappa shape index (κ1) is 16.4. The van der Waals surface area contributed by atoms with Crippen molar-refractivity contribution in [2.24, 2.45) is 5.92 Å². The van der Waals surface area contributed by atoms with Crippen LogP contribution in [0, 0.1) is 17.2 Å². The number of hydrogen-bond acceptors (Lipinski definition) is 4. The first-order valence-corrected chi connectivity index (χ1v) is 7.71. The summed E-state index contributed by atoms with van der Waals surface area (Å²) in [7, 11) is 1.64. The molecule has 5 nitrogen and oxygen atoms in total. The summed E-state index contributed by atoms with van der Waals surface area (Å²) in [6, 6.07) is 5.97. The Morgan fingerprint density at radius 1 is 1.50 bits per heavy atom. The molecule has 0 spiro atoms. The van der Waals surface area contributed by atoms with Crippen molar-refractivity contribution in [1.82, 2.24) is 9.88 Å². The molecule has 1 amide bonds. The molecule has 5 heteroatoms. The average Bonchev–Trinajstić information content (AvgIpc) is 2.84. The van der Waals surface area contributed by atoms with Crippen LogP contribution < -0.4 is 0 Å². The molecule has 0 aliphatic carbocycles. The Kier molecular flexibility index (Phi) is 5.51. The SMILES string of the molecule is COCCN1CC(Cc2nc(C(C)C)ccc2C#N)CC1=O. The third-order valence-electron chi connectivity index (χ3n) is 4.05. The average molecular weight is 301 g/mol. The number of carbonyl (C=O) groups excluding carboxylic acids is 1. The second-order valence-electron chi connectivity index (χ2n) is 6.10. The van der Waals surface area contributed by atoms with E-state index in [0.717, 1.165) is 17.9 Å². The zero-order valence-corrected chi connectivity index (χ0v) is 13.5. The van der Waals surface area contributed by atoms with Crippen LogP contribution in [0.3, 0.4) is 0 Å². The highest BCUT2D eigenvalue weighted by Crippen LogP contribution is 2.24. The van der Waals surface area contributed by atoms with E-state index in [2.05, 4.69) is 24.9 Å². The Balaban J connectivity index is 2.09. The van der Waals surface area contributed by atoms with Gasteiger partial charge in [-0.05, 0) is 30.4 Å². The van der Waals surface area contributed by atoms with Gasteiger partial charge in [0.15, 0.2) is 0 Å². The molecule has 118 valence electrons. The Morgan fingerprint density at radius 2 is 2.27 bits per heavy atom. The lowest BCUT2D eigenvalue weighted by molar-refractivity contribution is -0.128. The van der Waals surface area contributed by atoms with Crippen LogP contribution in [0.2, 0.25) is 0 Å². The van der Waals surface area contributed by atoms with E-state index in [-0.39, 0.29) is 11.8 Å². The lowest BCUT2D eigenvalue weighted by Gasteiger charge is -2.16. The van der Waals surface area contributed by atoms with E-state index < -0.39 is 0 Å². The van der Waals surface area contributed by atoms with Gasteiger partial charge >= 0.3 is 0 Å². The highest BCUT2D eigenvalue weighted by molar-refractivity contribution is 5.78. The molecule has 1 saturated heterocycles. The fourth-order valence-electron chi connectivity index (χ4n) is 2.78. The number of methoxy groups -OCH3 is 1. The van der Waals surface area contributed by atoms with Crippen molar-refractivity contribution in [2.45, 2.75) is 32.6 Å². The van der Waals surface area contributed by atoms with Crippen LogP contribution in [-0.4, -0.2) is 42.6 Å². The van der Waals surface area contributed by atoms with Gasteiger partial charge in [0.25, 0.3) is 0 Å². The summed E-state index contributed by atoms with van der Waals surface area (Å²) >= 11 is 0. The van der Waals surface area contributed by atoms with E-state index in [1.807, 2.05) is 17.0 Å². The summed E-state index contributed by atoms with van der Waals surface area (Å²) in [5.41, 5.74) is 2.43. The van der Waals surface area contributed by atoms with Gasteiger partial charge in [0.1, 0.15) is 6.07 Å². The van der Waals surface area contributed by atoms with E-state index >= 15 is 0 Å². The molecule has 2 heterocycles.